The zero-order valence-corrected chi connectivity index (χ0v) is 17.2. The first-order valence-corrected chi connectivity index (χ1v) is 10.3. The van der Waals surface area contributed by atoms with Crippen molar-refractivity contribution in [3.05, 3.63) is 100 Å². The quantitative estimate of drug-likeness (QED) is 0.377. The summed E-state index contributed by atoms with van der Waals surface area (Å²) in [7, 11) is 0. The van der Waals surface area contributed by atoms with Gasteiger partial charge in [-0.25, -0.2) is 9.37 Å². The summed E-state index contributed by atoms with van der Waals surface area (Å²) in [4.78, 5) is 16.8. The number of nitrogens with zero attached hydrogens (tertiary/aromatic N) is 1. The molecule has 4 nitrogen and oxygen atoms in total. The number of ether oxygens (including phenoxy) is 1. The predicted octanol–water partition coefficient (Wildman–Crippen LogP) is 6.43. The van der Waals surface area contributed by atoms with E-state index in [1.165, 1.54) is 23.5 Å². The van der Waals surface area contributed by atoms with Gasteiger partial charge in [-0.1, -0.05) is 29.8 Å². The molecule has 3 aromatic carbocycles. The van der Waals surface area contributed by atoms with Crippen molar-refractivity contribution in [3.8, 4) is 16.3 Å². The van der Waals surface area contributed by atoms with Crippen molar-refractivity contribution in [2.24, 2.45) is 0 Å². The molecular formula is C23H16ClFN2O2S. The van der Waals surface area contributed by atoms with Gasteiger partial charge in [0.05, 0.1) is 0 Å². The zero-order chi connectivity index (χ0) is 20.9. The van der Waals surface area contributed by atoms with Crippen molar-refractivity contribution in [2.45, 2.75) is 6.61 Å². The molecule has 30 heavy (non-hydrogen) atoms. The van der Waals surface area contributed by atoms with Crippen LogP contribution in [0.25, 0.3) is 10.6 Å². The van der Waals surface area contributed by atoms with Gasteiger partial charge in [-0.3, -0.25) is 4.79 Å². The van der Waals surface area contributed by atoms with Gasteiger partial charge < -0.3 is 10.1 Å². The number of halogens is 2. The van der Waals surface area contributed by atoms with E-state index in [1.54, 1.807) is 35.7 Å². The fraction of sp³-hybridized carbons (Fsp3) is 0.0435. The Morgan fingerprint density at radius 3 is 2.63 bits per heavy atom. The molecule has 1 heterocycles. The third-order valence-electron chi connectivity index (χ3n) is 4.22. The van der Waals surface area contributed by atoms with Gasteiger partial charge >= 0.3 is 0 Å². The highest BCUT2D eigenvalue weighted by Gasteiger charge is 2.12. The Balaban J connectivity index is 1.40. The van der Waals surface area contributed by atoms with Crippen LogP contribution in [-0.4, -0.2) is 10.9 Å². The minimum Gasteiger partial charge on any atom is -0.489 e. The molecule has 0 fully saturated rings. The van der Waals surface area contributed by atoms with Crippen molar-refractivity contribution in [1.29, 1.82) is 0 Å². The van der Waals surface area contributed by atoms with Crippen molar-refractivity contribution in [1.82, 2.24) is 4.98 Å². The molecule has 1 N–H and O–H groups in total. The second-order valence-electron chi connectivity index (χ2n) is 6.45. The van der Waals surface area contributed by atoms with Crippen LogP contribution in [0.3, 0.4) is 0 Å². The number of hydrogen-bond acceptors (Lipinski definition) is 4. The predicted molar refractivity (Wildman–Crippen MR) is 118 cm³/mol. The van der Waals surface area contributed by atoms with E-state index in [-0.39, 0.29) is 18.3 Å². The lowest BCUT2D eigenvalue weighted by atomic mass is 10.2. The summed E-state index contributed by atoms with van der Waals surface area (Å²) in [6.07, 6.45) is 0. The highest BCUT2D eigenvalue weighted by Crippen LogP contribution is 2.26. The molecule has 0 saturated heterocycles. The number of nitrogens with one attached hydrogen (secondary N) is 1. The molecule has 0 aliphatic carbocycles. The van der Waals surface area contributed by atoms with Crippen LogP contribution in [-0.2, 0) is 6.61 Å². The topological polar surface area (TPSA) is 51.2 Å². The maximum atomic E-state index is 13.2. The van der Waals surface area contributed by atoms with Gasteiger partial charge in [0.25, 0.3) is 5.91 Å². The smallest absolute Gasteiger partial charge is 0.275 e. The lowest BCUT2D eigenvalue weighted by Gasteiger charge is -2.07. The summed E-state index contributed by atoms with van der Waals surface area (Å²) in [5, 5.41) is 5.77. The average molecular weight is 439 g/mol. The first-order valence-electron chi connectivity index (χ1n) is 9.07. The van der Waals surface area contributed by atoms with Gasteiger partial charge in [0.1, 0.15) is 28.9 Å². The zero-order valence-electron chi connectivity index (χ0n) is 15.6. The third-order valence-corrected chi connectivity index (χ3v) is 5.34. The van der Waals surface area contributed by atoms with E-state index in [1.807, 2.05) is 30.3 Å². The minimum absolute atomic E-state index is 0.280. The molecule has 7 heteroatoms. The van der Waals surface area contributed by atoms with E-state index >= 15 is 0 Å². The minimum atomic E-state index is -0.296. The Kier molecular flexibility index (Phi) is 6.07. The SMILES string of the molecule is O=C(Nc1cccc(Cl)c1)c1csc(-c2ccc(OCc3cccc(F)c3)cc2)n1. The van der Waals surface area contributed by atoms with Crippen LogP contribution in [0.15, 0.2) is 78.2 Å². The molecule has 0 spiro atoms. The Bertz CT molecular complexity index is 1180. The summed E-state index contributed by atoms with van der Waals surface area (Å²) in [5.41, 5.74) is 2.58. The molecule has 0 aliphatic heterocycles. The Morgan fingerprint density at radius 2 is 1.87 bits per heavy atom. The van der Waals surface area contributed by atoms with Crippen molar-refractivity contribution >= 4 is 34.5 Å². The molecule has 0 bridgehead atoms. The highest BCUT2D eigenvalue weighted by molar-refractivity contribution is 7.13. The number of carbonyl (C=O) groups is 1. The van der Waals surface area contributed by atoms with Crippen molar-refractivity contribution in [3.63, 3.8) is 0 Å². The molecule has 4 aromatic rings. The number of benzene rings is 3. The lowest BCUT2D eigenvalue weighted by Crippen LogP contribution is -2.12. The summed E-state index contributed by atoms with van der Waals surface area (Å²) < 4.78 is 18.9. The van der Waals surface area contributed by atoms with Gasteiger partial charge in [0.2, 0.25) is 0 Å². The Labute approximate surface area is 181 Å². The van der Waals surface area contributed by atoms with Crippen LogP contribution in [0.4, 0.5) is 10.1 Å². The molecule has 0 radical (unpaired) electrons. The first kappa shape index (κ1) is 20.1. The second-order valence-corrected chi connectivity index (χ2v) is 7.74. The van der Waals surface area contributed by atoms with Crippen LogP contribution in [0.5, 0.6) is 5.75 Å². The largest absolute Gasteiger partial charge is 0.489 e. The standard InChI is InChI=1S/C23H16ClFN2O2S/c24-17-4-2-6-19(12-17)26-22(28)21-14-30-23(27-21)16-7-9-20(10-8-16)29-13-15-3-1-5-18(25)11-15/h1-12,14H,13H2,(H,26,28). The fourth-order valence-electron chi connectivity index (χ4n) is 2.76. The van der Waals surface area contributed by atoms with Crippen molar-refractivity contribution in [2.75, 3.05) is 5.32 Å². The number of carbonyl (C=O) groups excluding carboxylic acids is 1. The van der Waals surface area contributed by atoms with E-state index in [4.69, 9.17) is 16.3 Å². The van der Waals surface area contributed by atoms with Crippen molar-refractivity contribution < 1.29 is 13.9 Å². The summed E-state index contributed by atoms with van der Waals surface area (Å²) in [5.74, 6) is 0.0822. The summed E-state index contributed by atoms with van der Waals surface area (Å²) in [6, 6.07) is 20.6. The first-order chi connectivity index (χ1) is 14.6. The normalized spacial score (nSPS) is 10.6. The fourth-order valence-corrected chi connectivity index (χ4v) is 3.76. The number of anilines is 1. The van der Waals surface area contributed by atoms with Gasteiger partial charge in [0.15, 0.2) is 0 Å². The summed E-state index contributed by atoms with van der Waals surface area (Å²) in [6.45, 7) is 0.280. The monoisotopic (exact) mass is 438 g/mol. The Hall–Kier alpha value is -3.22. The van der Waals surface area contributed by atoms with E-state index in [0.717, 1.165) is 16.1 Å². The number of amides is 1. The van der Waals surface area contributed by atoms with Crippen LogP contribution >= 0.6 is 22.9 Å². The molecule has 1 amide bonds. The van der Waals surface area contributed by atoms with E-state index in [0.29, 0.717) is 22.2 Å². The van der Waals surface area contributed by atoms with Crippen LogP contribution in [0.1, 0.15) is 16.1 Å². The van der Waals surface area contributed by atoms with Gasteiger partial charge in [-0.2, -0.15) is 0 Å². The van der Waals surface area contributed by atoms with Crippen LogP contribution in [0.2, 0.25) is 5.02 Å². The number of rotatable bonds is 6. The molecule has 0 unspecified atom stereocenters. The van der Waals surface area contributed by atoms with E-state index in [2.05, 4.69) is 10.3 Å². The number of hydrogen-bond donors (Lipinski definition) is 1. The van der Waals surface area contributed by atoms with Gasteiger partial charge in [-0.05, 0) is 60.2 Å². The molecule has 150 valence electrons. The molecule has 0 aliphatic rings. The lowest BCUT2D eigenvalue weighted by molar-refractivity contribution is 0.102. The maximum absolute atomic E-state index is 13.2. The van der Waals surface area contributed by atoms with E-state index < -0.39 is 0 Å². The van der Waals surface area contributed by atoms with Crippen LogP contribution < -0.4 is 10.1 Å². The van der Waals surface area contributed by atoms with Crippen LogP contribution in [0, 0.1) is 5.82 Å². The number of aromatic nitrogens is 1. The maximum Gasteiger partial charge on any atom is 0.275 e. The third kappa shape index (κ3) is 5.03. The average Bonchev–Trinajstić information content (AvgIpc) is 3.23. The second kappa shape index (κ2) is 9.07. The Morgan fingerprint density at radius 1 is 1.07 bits per heavy atom. The molecule has 4 rings (SSSR count). The molecule has 0 saturated carbocycles. The number of thiazole rings is 1. The molecule has 0 atom stereocenters. The van der Waals surface area contributed by atoms with Gasteiger partial charge in [0, 0.05) is 21.7 Å². The molecular weight excluding hydrogens is 423 g/mol. The highest BCUT2D eigenvalue weighted by atomic mass is 35.5. The van der Waals surface area contributed by atoms with Gasteiger partial charge in [-0.15, -0.1) is 11.3 Å². The summed E-state index contributed by atoms with van der Waals surface area (Å²) >= 11 is 7.33. The van der Waals surface area contributed by atoms with E-state index in [9.17, 15) is 9.18 Å². The molecule has 1 aromatic heterocycles.